The number of thiophene rings is 1. The monoisotopic (exact) mass is 400 g/mol. The first-order valence-corrected chi connectivity index (χ1v) is 11.3. The molecule has 2 aliphatic heterocycles. The number of hydrogen-bond acceptors (Lipinski definition) is 6. The van der Waals surface area contributed by atoms with Crippen LogP contribution in [0, 0.1) is 11.8 Å². The summed E-state index contributed by atoms with van der Waals surface area (Å²) in [7, 11) is -3.04. The van der Waals surface area contributed by atoms with Crippen molar-refractivity contribution in [1.29, 1.82) is 0 Å². The molecule has 4 rings (SSSR count). The molecule has 3 heterocycles. The van der Waals surface area contributed by atoms with Crippen molar-refractivity contribution in [3.63, 3.8) is 0 Å². The molecule has 7 heteroatoms. The molecule has 1 aromatic carbocycles. The molecule has 2 aromatic rings. The summed E-state index contributed by atoms with van der Waals surface area (Å²) in [6, 6.07) is 10.3. The SMILES string of the molecule is CC#Cc1cccc(-c2csc(C3(C)CC4(CS(=O)(=O)C4)OC(N)=N3)c2)c1. The van der Waals surface area contributed by atoms with Crippen LogP contribution in [0.25, 0.3) is 11.1 Å². The van der Waals surface area contributed by atoms with Gasteiger partial charge in [-0.15, -0.1) is 17.3 Å². The highest BCUT2D eigenvalue weighted by molar-refractivity contribution is 7.93. The Balaban J connectivity index is 1.67. The smallest absolute Gasteiger partial charge is 0.283 e. The third kappa shape index (κ3) is 3.35. The first-order chi connectivity index (χ1) is 12.7. The summed E-state index contributed by atoms with van der Waals surface area (Å²) in [5.74, 6) is 6.00. The van der Waals surface area contributed by atoms with Gasteiger partial charge in [0, 0.05) is 16.9 Å². The first-order valence-electron chi connectivity index (χ1n) is 8.60. The van der Waals surface area contributed by atoms with Crippen LogP contribution in [0.2, 0.25) is 0 Å². The lowest BCUT2D eigenvalue weighted by Gasteiger charge is -2.47. The number of aliphatic imine (C=N–C) groups is 1. The van der Waals surface area contributed by atoms with Gasteiger partial charge in [0.2, 0.25) is 0 Å². The second-order valence-electron chi connectivity index (χ2n) is 7.37. The maximum atomic E-state index is 11.7. The van der Waals surface area contributed by atoms with Crippen molar-refractivity contribution in [3.05, 3.63) is 46.2 Å². The predicted molar refractivity (Wildman–Crippen MR) is 108 cm³/mol. The van der Waals surface area contributed by atoms with E-state index in [1.807, 2.05) is 26.0 Å². The normalized spacial score (nSPS) is 24.9. The second kappa shape index (κ2) is 6.11. The van der Waals surface area contributed by atoms with Crippen molar-refractivity contribution in [1.82, 2.24) is 0 Å². The molecule has 1 unspecified atom stereocenters. The Bertz CT molecular complexity index is 1090. The second-order valence-corrected chi connectivity index (χ2v) is 10.3. The lowest BCUT2D eigenvalue weighted by molar-refractivity contribution is 0.0326. The predicted octanol–water partition coefficient (Wildman–Crippen LogP) is 2.90. The van der Waals surface area contributed by atoms with Crippen LogP contribution in [0.4, 0.5) is 0 Å². The fraction of sp³-hybridized carbons (Fsp3) is 0.350. The van der Waals surface area contributed by atoms with Crippen molar-refractivity contribution < 1.29 is 13.2 Å². The average Bonchev–Trinajstić information content (AvgIpc) is 3.03. The minimum absolute atomic E-state index is 0.00176. The van der Waals surface area contributed by atoms with Gasteiger partial charge >= 0.3 is 0 Å². The number of nitrogens with two attached hydrogens (primary N) is 1. The Morgan fingerprint density at radius 1 is 1.26 bits per heavy atom. The third-order valence-corrected chi connectivity index (χ3v) is 8.02. The zero-order valence-electron chi connectivity index (χ0n) is 15.2. The number of nitrogens with zero attached hydrogens (tertiary/aromatic N) is 1. The van der Waals surface area contributed by atoms with E-state index in [9.17, 15) is 8.42 Å². The van der Waals surface area contributed by atoms with Gasteiger partial charge in [0.15, 0.2) is 9.84 Å². The van der Waals surface area contributed by atoms with E-state index >= 15 is 0 Å². The Morgan fingerprint density at radius 2 is 2.04 bits per heavy atom. The highest BCUT2D eigenvalue weighted by Gasteiger charge is 2.57. The highest BCUT2D eigenvalue weighted by atomic mass is 32.2. The Morgan fingerprint density at radius 3 is 2.74 bits per heavy atom. The summed E-state index contributed by atoms with van der Waals surface area (Å²) in [5.41, 5.74) is 7.72. The zero-order valence-corrected chi connectivity index (χ0v) is 16.8. The van der Waals surface area contributed by atoms with Crippen molar-refractivity contribution in [2.45, 2.75) is 31.4 Å². The maximum Gasteiger partial charge on any atom is 0.283 e. The van der Waals surface area contributed by atoms with E-state index < -0.39 is 21.0 Å². The van der Waals surface area contributed by atoms with Crippen LogP contribution in [0.5, 0.6) is 0 Å². The van der Waals surface area contributed by atoms with Crippen LogP contribution in [-0.2, 0) is 20.1 Å². The molecule has 0 radical (unpaired) electrons. The molecule has 1 fully saturated rings. The van der Waals surface area contributed by atoms with Gasteiger partial charge in [-0.2, -0.15) is 0 Å². The topological polar surface area (TPSA) is 81.8 Å². The van der Waals surface area contributed by atoms with Gasteiger partial charge in [0.05, 0.1) is 11.5 Å². The molecule has 27 heavy (non-hydrogen) atoms. The van der Waals surface area contributed by atoms with E-state index in [2.05, 4.69) is 40.4 Å². The van der Waals surface area contributed by atoms with E-state index in [-0.39, 0.29) is 17.5 Å². The van der Waals surface area contributed by atoms with Crippen LogP contribution in [0.1, 0.15) is 30.7 Å². The van der Waals surface area contributed by atoms with Crippen LogP contribution < -0.4 is 5.73 Å². The highest BCUT2D eigenvalue weighted by Crippen LogP contribution is 2.46. The Labute approximate surface area is 163 Å². The lowest BCUT2D eigenvalue weighted by Crippen LogP contribution is -2.62. The number of benzene rings is 1. The molecule has 2 aliphatic rings. The van der Waals surface area contributed by atoms with Crippen LogP contribution in [-0.4, -0.2) is 31.5 Å². The molecule has 1 spiro atoms. The van der Waals surface area contributed by atoms with E-state index in [0.717, 1.165) is 21.6 Å². The van der Waals surface area contributed by atoms with E-state index in [0.29, 0.717) is 6.42 Å². The fourth-order valence-corrected chi connectivity index (χ4v) is 6.81. The summed E-state index contributed by atoms with van der Waals surface area (Å²) in [6.45, 7) is 3.81. The molecule has 0 bridgehead atoms. The van der Waals surface area contributed by atoms with Crippen molar-refractivity contribution in [3.8, 4) is 23.0 Å². The third-order valence-electron chi connectivity index (χ3n) is 4.91. The Kier molecular flexibility index (Phi) is 4.09. The quantitative estimate of drug-likeness (QED) is 0.786. The summed E-state index contributed by atoms with van der Waals surface area (Å²) in [5, 5.41) is 2.09. The summed E-state index contributed by atoms with van der Waals surface area (Å²) >= 11 is 1.60. The van der Waals surface area contributed by atoms with Gasteiger partial charge in [-0.1, -0.05) is 18.1 Å². The maximum absolute atomic E-state index is 11.7. The molecule has 0 amide bonds. The van der Waals surface area contributed by atoms with Gasteiger partial charge in [-0.3, -0.25) is 0 Å². The number of rotatable bonds is 2. The molecule has 0 aliphatic carbocycles. The molecular weight excluding hydrogens is 380 g/mol. The molecular formula is C20H20N2O3S2. The zero-order chi connectivity index (χ0) is 19.3. The first kappa shape index (κ1) is 18.1. The van der Waals surface area contributed by atoms with Gasteiger partial charge in [0.25, 0.3) is 6.02 Å². The fourth-order valence-electron chi connectivity index (χ4n) is 3.94. The van der Waals surface area contributed by atoms with Gasteiger partial charge < -0.3 is 10.5 Å². The minimum atomic E-state index is -3.04. The van der Waals surface area contributed by atoms with Gasteiger partial charge in [0.1, 0.15) is 11.1 Å². The number of sulfone groups is 1. The largest absolute Gasteiger partial charge is 0.457 e. The molecule has 1 saturated heterocycles. The minimum Gasteiger partial charge on any atom is -0.457 e. The molecule has 5 nitrogen and oxygen atoms in total. The summed E-state index contributed by atoms with van der Waals surface area (Å²) in [6.07, 6.45) is 0.501. The average molecular weight is 401 g/mol. The van der Waals surface area contributed by atoms with Crippen molar-refractivity contribution >= 4 is 27.2 Å². The van der Waals surface area contributed by atoms with Crippen LogP contribution >= 0.6 is 11.3 Å². The van der Waals surface area contributed by atoms with Crippen LogP contribution in [0.3, 0.4) is 0 Å². The number of hydrogen-bond donors (Lipinski definition) is 1. The number of ether oxygens (including phenoxy) is 1. The van der Waals surface area contributed by atoms with E-state index in [4.69, 9.17) is 10.5 Å². The standard InChI is InChI=1S/C20H20N2O3S2/c1-3-5-14-6-4-7-15(8-14)16-9-17(26-10-16)19(2)11-20(25-18(21)22-19)12-27(23,24)13-20/h4,6-10H,11-13H2,1-2H3,(H2,21,22). The van der Waals surface area contributed by atoms with Crippen molar-refractivity contribution in [2.24, 2.45) is 10.7 Å². The van der Waals surface area contributed by atoms with Crippen LogP contribution in [0.15, 0.2) is 40.7 Å². The van der Waals surface area contributed by atoms with Gasteiger partial charge in [-0.25, -0.2) is 13.4 Å². The number of amidine groups is 1. The molecule has 0 saturated carbocycles. The van der Waals surface area contributed by atoms with Gasteiger partial charge in [-0.05, 0) is 48.6 Å². The van der Waals surface area contributed by atoms with Crippen molar-refractivity contribution in [2.75, 3.05) is 11.5 Å². The molecule has 1 atom stereocenters. The molecule has 140 valence electrons. The van der Waals surface area contributed by atoms with E-state index in [1.165, 1.54) is 0 Å². The summed E-state index contributed by atoms with van der Waals surface area (Å²) < 4.78 is 29.1. The molecule has 1 aromatic heterocycles. The summed E-state index contributed by atoms with van der Waals surface area (Å²) in [4.78, 5) is 5.57. The molecule has 2 N–H and O–H groups in total. The lowest BCUT2D eigenvalue weighted by atomic mass is 9.85. The van der Waals surface area contributed by atoms with E-state index in [1.54, 1.807) is 11.3 Å². The Hall–Kier alpha value is -2.30.